The summed E-state index contributed by atoms with van der Waals surface area (Å²) >= 11 is 0. The van der Waals surface area contributed by atoms with E-state index in [0.29, 0.717) is 17.6 Å². The zero-order chi connectivity index (χ0) is 15.0. The SMILES string of the molecule is Cc1c(NC2CCN3CCCCC23)cccc1S(N)(=O)=O. The summed E-state index contributed by atoms with van der Waals surface area (Å²) in [6.45, 7) is 4.14. The minimum Gasteiger partial charge on any atom is -0.380 e. The Bertz CT molecular complexity index is 630. The number of sulfonamides is 1. The van der Waals surface area contributed by atoms with Crippen molar-refractivity contribution in [2.24, 2.45) is 5.14 Å². The Hall–Kier alpha value is -1.11. The van der Waals surface area contributed by atoms with Crippen molar-refractivity contribution in [2.45, 2.75) is 49.6 Å². The minimum atomic E-state index is -3.66. The number of hydrogen-bond acceptors (Lipinski definition) is 4. The van der Waals surface area contributed by atoms with Crippen molar-refractivity contribution in [3.8, 4) is 0 Å². The maximum atomic E-state index is 11.6. The number of nitrogens with zero attached hydrogens (tertiary/aromatic N) is 1. The average molecular weight is 309 g/mol. The number of fused-ring (bicyclic) bond motifs is 1. The summed E-state index contributed by atoms with van der Waals surface area (Å²) in [6, 6.07) is 6.24. The molecule has 0 aromatic heterocycles. The van der Waals surface area contributed by atoms with Crippen LogP contribution in [-0.2, 0) is 10.0 Å². The molecule has 21 heavy (non-hydrogen) atoms. The fourth-order valence-electron chi connectivity index (χ4n) is 3.69. The average Bonchev–Trinajstić information content (AvgIpc) is 2.83. The molecule has 0 bridgehead atoms. The molecule has 0 saturated carbocycles. The lowest BCUT2D eigenvalue weighted by atomic mass is 9.98. The van der Waals surface area contributed by atoms with Gasteiger partial charge >= 0.3 is 0 Å². The largest absolute Gasteiger partial charge is 0.380 e. The van der Waals surface area contributed by atoms with E-state index in [4.69, 9.17) is 5.14 Å². The van der Waals surface area contributed by atoms with Crippen LogP contribution < -0.4 is 10.5 Å². The Morgan fingerprint density at radius 1 is 1.24 bits per heavy atom. The van der Waals surface area contributed by atoms with E-state index in [9.17, 15) is 8.42 Å². The standard InChI is InChI=1S/C15H23N3O2S/c1-11-12(5-4-7-15(11)21(16,19)20)17-13-8-10-18-9-3-2-6-14(13)18/h4-5,7,13-14,17H,2-3,6,8-10H2,1H3,(H2,16,19,20). The summed E-state index contributed by atoms with van der Waals surface area (Å²) in [5.74, 6) is 0. The first-order valence-corrected chi connectivity index (χ1v) is 9.14. The van der Waals surface area contributed by atoms with Gasteiger partial charge in [-0.1, -0.05) is 12.5 Å². The van der Waals surface area contributed by atoms with Crippen LogP contribution in [0.15, 0.2) is 23.1 Å². The summed E-state index contributed by atoms with van der Waals surface area (Å²) < 4.78 is 23.2. The van der Waals surface area contributed by atoms with Crippen LogP contribution in [0.1, 0.15) is 31.2 Å². The van der Waals surface area contributed by atoms with E-state index in [1.54, 1.807) is 12.1 Å². The molecule has 2 saturated heterocycles. The van der Waals surface area contributed by atoms with Crippen molar-refractivity contribution in [1.82, 2.24) is 4.90 Å². The van der Waals surface area contributed by atoms with Gasteiger partial charge in [0.1, 0.15) is 0 Å². The molecular weight excluding hydrogens is 286 g/mol. The molecule has 0 radical (unpaired) electrons. The van der Waals surface area contributed by atoms with Crippen LogP contribution in [0.5, 0.6) is 0 Å². The van der Waals surface area contributed by atoms with Crippen LogP contribution in [0.25, 0.3) is 0 Å². The molecule has 6 heteroatoms. The maximum Gasteiger partial charge on any atom is 0.238 e. The fraction of sp³-hybridized carbons (Fsp3) is 0.600. The zero-order valence-electron chi connectivity index (χ0n) is 12.4. The van der Waals surface area contributed by atoms with E-state index < -0.39 is 10.0 Å². The second-order valence-electron chi connectivity index (χ2n) is 6.11. The van der Waals surface area contributed by atoms with Crippen LogP contribution in [0.3, 0.4) is 0 Å². The van der Waals surface area contributed by atoms with Crippen molar-refractivity contribution in [2.75, 3.05) is 18.4 Å². The Kier molecular flexibility index (Phi) is 3.94. The number of nitrogens with two attached hydrogens (primary N) is 1. The summed E-state index contributed by atoms with van der Waals surface area (Å²) in [7, 11) is -3.66. The van der Waals surface area contributed by atoms with E-state index in [1.807, 2.05) is 13.0 Å². The predicted octanol–water partition coefficient (Wildman–Crippen LogP) is 1.68. The van der Waals surface area contributed by atoms with Crippen molar-refractivity contribution in [1.29, 1.82) is 0 Å². The highest BCUT2D eigenvalue weighted by Crippen LogP contribution is 2.31. The lowest BCUT2D eigenvalue weighted by Crippen LogP contribution is -2.41. The molecule has 0 aliphatic carbocycles. The third-order valence-corrected chi connectivity index (χ3v) is 5.84. The van der Waals surface area contributed by atoms with E-state index in [1.165, 1.54) is 25.8 Å². The maximum absolute atomic E-state index is 11.6. The molecule has 0 spiro atoms. The van der Waals surface area contributed by atoms with Crippen LogP contribution in [0, 0.1) is 6.92 Å². The van der Waals surface area contributed by atoms with Gasteiger partial charge in [-0.25, -0.2) is 13.6 Å². The quantitative estimate of drug-likeness (QED) is 0.891. The zero-order valence-corrected chi connectivity index (χ0v) is 13.2. The number of piperidine rings is 1. The normalized spacial score (nSPS) is 26.6. The number of benzene rings is 1. The smallest absolute Gasteiger partial charge is 0.238 e. The molecule has 3 rings (SSSR count). The van der Waals surface area contributed by atoms with Crippen molar-refractivity contribution in [3.63, 3.8) is 0 Å². The summed E-state index contributed by atoms with van der Waals surface area (Å²) in [4.78, 5) is 2.77. The van der Waals surface area contributed by atoms with Gasteiger partial charge < -0.3 is 5.32 Å². The number of nitrogens with one attached hydrogen (secondary N) is 1. The van der Waals surface area contributed by atoms with Gasteiger partial charge in [0, 0.05) is 24.3 Å². The summed E-state index contributed by atoms with van der Waals surface area (Å²) in [6.07, 6.45) is 4.92. The number of anilines is 1. The highest BCUT2D eigenvalue weighted by molar-refractivity contribution is 7.89. The van der Waals surface area contributed by atoms with Crippen molar-refractivity contribution < 1.29 is 8.42 Å². The second-order valence-corrected chi connectivity index (χ2v) is 7.64. The van der Waals surface area contributed by atoms with Gasteiger partial charge in [-0.2, -0.15) is 0 Å². The molecule has 1 aromatic carbocycles. The topological polar surface area (TPSA) is 75.4 Å². The summed E-state index contributed by atoms with van der Waals surface area (Å²) in [5, 5.41) is 8.84. The predicted molar refractivity (Wildman–Crippen MR) is 83.8 cm³/mol. The molecule has 1 aromatic rings. The number of primary sulfonamides is 1. The molecule has 2 atom stereocenters. The monoisotopic (exact) mass is 309 g/mol. The van der Waals surface area contributed by atoms with Gasteiger partial charge in [0.2, 0.25) is 10.0 Å². The molecule has 0 amide bonds. The molecule has 2 aliphatic heterocycles. The molecule has 5 nitrogen and oxygen atoms in total. The number of hydrogen-bond donors (Lipinski definition) is 2. The van der Waals surface area contributed by atoms with E-state index in [0.717, 1.165) is 18.7 Å². The van der Waals surface area contributed by atoms with Gasteiger partial charge in [-0.05, 0) is 50.4 Å². The molecular formula is C15H23N3O2S. The Balaban J connectivity index is 1.82. The van der Waals surface area contributed by atoms with E-state index in [2.05, 4.69) is 10.2 Å². The molecule has 2 fully saturated rings. The molecule has 116 valence electrons. The molecule has 2 unspecified atom stereocenters. The van der Waals surface area contributed by atoms with Crippen molar-refractivity contribution in [3.05, 3.63) is 23.8 Å². The van der Waals surface area contributed by atoms with Gasteiger partial charge in [-0.3, -0.25) is 4.90 Å². The molecule has 2 heterocycles. The third kappa shape index (κ3) is 2.93. The molecule has 2 aliphatic rings. The van der Waals surface area contributed by atoms with Crippen LogP contribution >= 0.6 is 0 Å². The number of rotatable bonds is 3. The lowest BCUT2D eigenvalue weighted by Gasteiger charge is -2.33. The third-order valence-electron chi connectivity index (χ3n) is 4.79. The fourth-order valence-corrected chi connectivity index (χ4v) is 4.50. The van der Waals surface area contributed by atoms with Gasteiger partial charge in [-0.15, -0.1) is 0 Å². The minimum absolute atomic E-state index is 0.214. The van der Waals surface area contributed by atoms with E-state index in [-0.39, 0.29) is 4.90 Å². The van der Waals surface area contributed by atoms with Crippen LogP contribution in [0.2, 0.25) is 0 Å². The van der Waals surface area contributed by atoms with Crippen LogP contribution in [-0.4, -0.2) is 38.5 Å². The summed E-state index contributed by atoms with van der Waals surface area (Å²) in [5.41, 5.74) is 1.60. The Morgan fingerprint density at radius 2 is 2.05 bits per heavy atom. The molecule has 3 N–H and O–H groups in total. The first-order chi connectivity index (χ1) is 9.97. The lowest BCUT2D eigenvalue weighted by molar-refractivity contribution is 0.192. The van der Waals surface area contributed by atoms with Gasteiger partial charge in [0.15, 0.2) is 0 Å². The first kappa shape index (κ1) is 14.8. The van der Waals surface area contributed by atoms with Gasteiger partial charge in [0.25, 0.3) is 0 Å². The van der Waals surface area contributed by atoms with Gasteiger partial charge in [0.05, 0.1) is 4.90 Å². The van der Waals surface area contributed by atoms with Crippen LogP contribution in [0.4, 0.5) is 5.69 Å². The highest BCUT2D eigenvalue weighted by Gasteiger charge is 2.35. The second kappa shape index (κ2) is 5.59. The Labute approximate surface area is 126 Å². The highest BCUT2D eigenvalue weighted by atomic mass is 32.2. The van der Waals surface area contributed by atoms with Crippen molar-refractivity contribution >= 4 is 15.7 Å². The first-order valence-electron chi connectivity index (χ1n) is 7.60. The Morgan fingerprint density at radius 3 is 2.81 bits per heavy atom. The van der Waals surface area contributed by atoms with E-state index >= 15 is 0 Å².